The van der Waals surface area contributed by atoms with Crippen LogP contribution in [0.3, 0.4) is 0 Å². The average molecular weight is 529 g/mol. The van der Waals surface area contributed by atoms with Crippen molar-refractivity contribution in [2.24, 2.45) is 0 Å². The number of nitrogens with zero attached hydrogens (tertiary/aromatic N) is 1. The Labute approximate surface area is 208 Å². The SMILES string of the molecule is N#CC(Oc1ccccc1Cl)(C(=O)CCOc1ccc(C(F)(F)F)cc1Cl)c1cccc(Cl)c1. The van der Waals surface area contributed by atoms with E-state index >= 15 is 0 Å². The third-order valence-electron chi connectivity index (χ3n) is 4.73. The first-order valence-corrected chi connectivity index (χ1v) is 10.8. The summed E-state index contributed by atoms with van der Waals surface area (Å²) in [6.45, 7) is -0.278. The van der Waals surface area contributed by atoms with Crippen LogP contribution in [0.15, 0.2) is 66.7 Å². The molecule has 3 aromatic rings. The van der Waals surface area contributed by atoms with Crippen molar-refractivity contribution in [3.8, 4) is 17.6 Å². The van der Waals surface area contributed by atoms with Crippen molar-refractivity contribution >= 4 is 40.6 Å². The number of benzene rings is 3. The lowest BCUT2D eigenvalue weighted by molar-refractivity contribution is -0.137. The van der Waals surface area contributed by atoms with E-state index in [-0.39, 0.29) is 45.2 Å². The van der Waals surface area contributed by atoms with E-state index in [0.29, 0.717) is 0 Å². The van der Waals surface area contributed by atoms with Gasteiger partial charge >= 0.3 is 6.18 Å². The summed E-state index contributed by atoms with van der Waals surface area (Å²) in [6.07, 6.45) is -4.89. The Morgan fingerprint density at radius 1 is 0.882 bits per heavy atom. The molecule has 1 unspecified atom stereocenters. The lowest BCUT2D eigenvalue weighted by Crippen LogP contribution is -2.41. The highest BCUT2D eigenvalue weighted by Gasteiger charge is 2.43. The first kappa shape index (κ1) is 25.7. The molecule has 0 heterocycles. The first-order chi connectivity index (χ1) is 16.1. The van der Waals surface area contributed by atoms with Crippen LogP contribution in [-0.2, 0) is 16.6 Å². The second-order valence-corrected chi connectivity index (χ2v) is 8.25. The van der Waals surface area contributed by atoms with Crippen molar-refractivity contribution in [3.63, 3.8) is 0 Å². The minimum Gasteiger partial charge on any atom is -0.492 e. The van der Waals surface area contributed by atoms with Gasteiger partial charge in [-0.05, 0) is 42.5 Å². The summed E-state index contributed by atoms with van der Waals surface area (Å²) in [5, 5.41) is 10.3. The normalized spacial score (nSPS) is 13.0. The Hall–Kier alpha value is -2.92. The molecule has 0 aliphatic rings. The Morgan fingerprint density at radius 3 is 2.24 bits per heavy atom. The Balaban J connectivity index is 1.85. The fraction of sp³-hybridized carbons (Fsp3) is 0.167. The van der Waals surface area contributed by atoms with E-state index in [4.69, 9.17) is 44.3 Å². The predicted molar refractivity (Wildman–Crippen MR) is 122 cm³/mol. The molecular formula is C24H15Cl3F3NO3. The van der Waals surface area contributed by atoms with Gasteiger partial charge in [0.05, 0.1) is 22.2 Å². The zero-order chi connectivity index (χ0) is 24.9. The summed E-state index contributed by atoms with van der Waals surface area (Å²) < 4.78 is 49.7. The number of hydrogen-bond acceptors (Lipinski definition) is 4. The van der Waals surface area contributed by atoms with E-state index < -0.39 is 23.1 Å². The summed E-state index contributed by atoms with van der Waals surface area (Å²) in [6, 6.07) is 16.9. The molecule has 3 rings (SSSR count). The molecule has 0 amide bonds. The topological polar surface area (TPSA) is 59.3 Å². The van der Waals surface area contributed by atoms with Crippen molar-refractivity contribution in [1.29, 1.82) is 5.26 Å². The maximum atomic E-state index is 13.3. The molecule has 0 bridgehead atoms. The summed E-state index contributed by atoms with van der Waals surface area (Å²) >= 11 is 18.1. The van der Waals surface area contributed by atoms with Crippen LogP contribution >= 0.6 is 34.8 Å². The van der Waals surface area contributed by atoms with E-state index in [0.717, 1.165) is 18.2 Å². The molecule has 0 N–H and O–H groups in total. The van der Waals surface area contributed by atoms with Gasteiger partial charge in [-0.15, -0.1) is 0 Å². The van der Waals surface area contributed by atoms with Gasteiger partial charge < -0.3 is 9.47 Å². The van der Waals surface area contributed by atoms with Crippen LogP contribution in [0.1, 0.15) is 17.5 Å². The first-order valence-electron chi connectivity index (χ1n) is 9.70. The number of nitriles is 1. The summed E-state index contributed by atoms with van der Waals surface area (Å²) in [5.74, 6) is -0.620. The highest BCUT2D eigenvalue weighted by molar-refractivity contribution is 6.32. The molecule has 34 heavy (non-hydrogen) atoms. The number of hydrogen-bond donors (Lipinski definition) is 0. The number of halogens is 6. The van der Waals surface area contributed by atoms with Gasteiger partial charge in [0.15, 0.2) is 5.78 Å². The third kappa shape index (κ3) is 5.76. The van der Waals surface area contributed by atoms with Gasteiger partial charge in [0.25, 0.3) is 5.60 Å². The second-order valence-electron chi connectivity index (χ2n) is 7.00. The molecule has 0 aliphatic heterocycles. The molecule has 0 saturated carbocycles. The number of ether oxygens (including phenoxy) is 2. The lowest BCUT2D eigenvalue weighted by atomic mass is 9.88. The zero-order valence-corrected chi connectivity index (χ0v) is 19.5. The van der Waals surface area contributed by atoms with Crippen molar-refractivity contribution < 1.29 is 27.4 Å². The molecule has 10 heteroatoms. The van der Waals surface area contributed by atoms with Crippen molar-refractivity contribution in [3.05, 3.63) is 92.9 Å². The molecule has 0 saturated heterocycles. The molecule has 3 aromatic carbocycles. The number of rotatable bonds is 8. The maximum Gasteiger partial charge on any atom is 0.416 e. The molecule has 4 nitrogen and oxygen atoms in total. The third-order valence-corrected chi connectivity index (χ3v) is 5.57. The Bertz CT molecular complexity index is 1240. The van der Waals surface area contributed by atoms with Crippen LogP contribution < -0.4 is 9.47 Å². The number of carbonyl (C=O) groups excluding carboxylic acids is 1. The van der Waals surface area contributed by atoms with Crippen LogP contribution in [0, 0.1) is 11.3 Å². The highest BCUT2D eigenvalue weighted by Crippen LogP contribution is 2.36. The molecule has 0 radical (unpaired) electrons. The van der Waals surface area contributed by atoms with E-state index in [1.807, 2.05) is 6.07 Å². The molecule has 0 aromatic heterocycles. The van der Waals surface area contributed by atoms with Gasteiger partial charge in [0, 0.05) is 17.0 Å². The maximum absolute atomic E-state index is 13.3. The number of para-hydroxylation sites is 1. The molecule has 1 atom stereocenters. The van der Waals surface area contributed by atoms with Gasteiger partial charge in [-0.3, -0.25) is 4.79 Å². The highest BCUT2D eigenvalue weighted by atomic mass is 35.5. The number of ketones is 1. The van der Waals surface area contributed by atoms with Crippen molar-refractivity contribution in [2.75, 3.05) is 6.61 Å². The van der Waals surface area contributed by atoms with Crippen molar-refractivity contribution in [1.82, 2.24) is 0 Å². The molecule has 0 spiro atoms. The Kier molecular flexibility index (Phi) is 7.98. The lowest BCUT2D eigenvalue weighted by Gasteiger charge is -2.27. The van der Waals surface area contributed by atoms with E-state index in [1.54, 1.807) is 24.3 Å². The van der Waals surface area contributed by atoms with Crippen LogP contribution in [0.25, 0.3) is 0 Å². The van der Waals surface area contributed by atoms with E-state index in [9.17, 15) is 23.2 Å². The fourth-order valence-corrected chi connectivity index (χ4v) is 3.65. The van der Waals surface area contributed by atoms with Gasteiger partial charge in [-0.2, -0.15) is 18.4 Å². The molecular weight excluding hydrogens is 514 g/mol. The zero-order valence-electron chi connectivity index (χ0n) is 17.2. The smallest absolute Gasteiger partial charge is 0.416 e. The summed E-state index contributed by atoms with van der Waals surface area (Å²) in [5.41, 5.74) is -2.86. The fourth-order valence-electron chi connectivity index (χ4n) is 3.05. The van der Waals surface area contributed by atoms with Gasteiger partial charge in [-0.25, -0.2) is 0 Å². The van der Waals surface area contributed by atoms with Crippen LogP contribution in [0.5, 0.6) is 11.5 Å². The average Bonchev–Trinajstić information content (AvgIpc) is 2.79. The summed E-state index contributed by atoms with van der Waals surface area (Å²) in [7, 11) is 0. The molecule has 0 aliphatic carbocycles. The molecule has 0 fully saturated rings. The Morgan fingerprint density at radius 2 is 1.62 bits per heavy atom. The monoisotopic (exact) mass is 527 g/mol. The minimum atomic E-state index is -4.56. The number of alkyl halides is 3. The number of Topliss-reactive ketones (excluding diaryl/α,β-unsaturated/α-hetero) is 1. The number of carbonyl (C=O) groups is 1. The largest absolute Gasteiger partial charge is 0.492 e. The molecule has 176 valence electrons. The summed E-state index contributed by atoms with van der Waals surface area (Å²) in [4.78, 5) is 13.3. The van der Waals surface area contributed by atoms with Crippen LogP contribution in [0.4, 0.5) is 13.2 Å². The quantitative estimate of drug-likeness (QED) is 0.304. The predicted octanol–water partition coefficient (Wildman–Crippen LogP) is 7.50. The van der Waals surface area contributed by atoms with Crippen molar-refractivity contribution in [2.45, 2.75) is 18.2 Å². The van der Waals surface area contributed by atoms with Crippen LogP contribution in [-0.4, -0.2) is 12.4 Å². The van der Waals surface area contributed by atoms with Gasteiger partial charge in [0.2, 0.25) is 0 Å². The van der Waals surface area contributed by atoms with E-state index in [1.165, 1.54) is 24.3 Å². The van der Waals surface area contributed by atoms with Crippen LogP contribution in [0.2, 0.25) is 15.1 Å². The standard InChI is InChI=1S/C24H15Cl3F3NO3/c25-17-5-3-4-15(12-17)23(14-31,34-21-7-2-1-6-18(21)26)22(32)10-11-33-20-9-8-16(13-19(20)27)24(28,29)30/h1-9,12-13H,10-11H2. The van der Waals surface area contributed by atoms with Gasteiger partial charge in [-0.1, -0.05) is 59.1 Å². The van der Waals surface area contributed by atoms with E-state index in [2.05, 4.69) is 0 Å². The van der Waals surface area contributed by atoms with Gasteiger partial charge in [0.1, 0.15) is 17.6 Å². The minimum absolute atomic E-state index is 0.0418. The second kappa shape index (κ2) is 10.6.